The number of nitrogens with zero attached hydrogens (tertiary/aromatic N) is 4. The van der Waals surface area contributed by atoms with Crippen LogP contribution < -0.4 is 5.56 Å². The second kappa shape index (κ2) is 5.86. The van der Waals surface area contributed by atoms with Crippen molar-refractivity contribution in [3.05, 3.63) is 56.8 Å². The van der Waals surface area contributed by atoms with Crippen molar-refractivity contribution in [2.75, 3.05) is 13.1 Å². The lowest BCUT2D eigenvalue weighted by Gasteiger charge is -2.19. The van der Waals surface area contributed by atoms with Crippen molar-refractivity contribution in [1.82, 2.24) is 24.6 Å². The maximum atomic E-state index is 12.7. The molecule has 0 aliphatic carbocycles. The number of fused-ring (bicyclic) bond motifs is 2. The fourth-order valence-electron chi connectivity index (χ4n) is 2.99. The van der Waals surface area contributed by atoms with Crippen molar-refractivity contribution in [3.63, 3.8) is 0 Å². The van der Waals surface area contributed by atoms with Crippen molar-refractivity contribution < 1.29 is 4.79 Å². The monoisotopic (exact) mass is 387 g/mol. The second-order valence-corrected chi connectivity index (χ2v) is 6.49. The van der Waals surface area contributed by atoms with E-state index in [1.807, 2.05) is 18.2 Å². The van der Waals surface area contributed by atoms with Gasteiger partial charge in [-0.2, -0.15) is 5.10 Å². The van der Waals surface area contributed by atoms with Crippen LogP contribution in [0.1, 0.15) is 16.3 Å². The quantitative estimate of drug-likeness (QED) is 0.686. The van der Waals surface area contributed by atoms with Crippen LogP contribution in [0.15, 0.2) is 39.7 Å². The summed E-state index contributed by atoms with van der Waals surface area (Å²) in [6, 6.07) is 7.33. The minimum absolute atomic E-state index is 0.0485. The van der Waals surface area contributed by atoms with E-state index in [1.165, 1.54) is 0 Å². The lowest BCUT2D eigenvalue weighted by molar-refractivity contribution is 0.0752. The molecule has 2 aromatic heterocycles. The van der Waals surface area contributed by atoms with E-state index in [0.29, 0.717) is 47.1 Å². The molecule has 0 radical (unpaired) electrons. The van der Waals surface area contributed by atoms with Gasteiger partial charge >= 0.3 is 0 Å². The molecule has 1 aliphatic heterocycles. The maximum Gasteiger partial charge on any atom is 0.273 e. The van der Waals surface area contributed by atoms with Crippen LogP contribution in [0.4, 0.5) is 0 Å². The zero-order chi connectivity index (χ0) is 16.7. The summed E-state index contributed by atoms with van der Waals surface area (Å²) in [5.74, 6) is 0.586. The zero-order valence-corrected chi connectivity index (χ0v) is 14.3. The van der Waals surface area contributed by atoms with E-state index in [1.54, 1.807) is 21.7 Å². The van der Waals surface area contributed by atoms with E-state index < -0.39 is 0 Å². The van der Waals surface area contributed by atoms with E-state index in [0.717, 1.165) is 5.82 Å². The number of amides is 1. The average Bonchev–Trinajstić information content (AvgIpc) is 2.90. The van der Waals surface area contributed by atoms with Gasteiger partial charge in [-0.1, -0.05) is 12.1 Å². The van der Waals surface area contributed by atoms with Gasteiger partial charge in [-0.05, 0) is 28.1 Å². The number of carbonyl (C=O) groups excluding carboxylic acids is 1. The molecule has 1 aromatic carbocycles. The Morgan fingerprint density at radius 2 is 2.04 bits per heavy atom. The van der Waals surface area contributed by atoms with Gasteiger partial charge in [-0.15, -0.1) is 0 Å². The molecule has 0 saturated heterocycles. The normalized spacial score (nSPS) is 14.5. The molecule has 1 amide bonds. The Bertz CT molecular complexity index is 994. The highest BCUT2D eigenvalue weighted by Gasteiger charge is 2.24. The Morgan fingerprint density at radius 3 is 2.83 bits per heavy atom. The van der Waals surface area contributed by atoms with Crippen LogP contribution in [0.2, 0.25) is 0 Å². The zero-order valence-electron chi connectivity index (χ0n) is 12.7. The molecule has 0 bridgehead atoms. The minimum atomic E-state index is -0.134. The van der Waals surface area contributed by atoms with Gasteiger partial charge in [0.15, 0.2) is 0 Å². The molecule has 24 heavy (non-hydrogen) atoms. The number of benzene rings is 1. The molecule has 0 atom stereocenters. The summed E-state index contributed by atoms with van der Waals surface area (Å²) in [5, 5.41) is 7.18. The van der Waals surface area contributed by atoms with Crippen LogP contribution in [0.3, 0.4) is 0 Å². The molecule has 4 rings (SSSR count). The molecule has 0 saturated carbocycles. The molecule has 3 aromatic rings. The fourth-order valence-corrected chi connectivity index (χ4v) is 3.35. The standard InChI is InChI=1S/C16H14BrN5O2/c17-11-9-18-20-14(11)16(24)21-6-5-13-19-12-4-2-1-3-10(12)15(23)22(13)8-7-21/h1-4,9H,5-8H2,(H,18,20). The highest BCUT2D eigenvalue weighted by atomic mass is 79.9. The number of rotatable bonds is 1. The lowest BCUT2D eigenvalue weighted by Crippen LogP contribution is -2.34. The summed E-state index contributed by atoms with van der Waals surface area (Å²) in [4.78, 5) is 31.6. The Labute approximate surface area is 145 Å². The van der Waals surface area contributed by atoms with E-state index in [-0.39, 0.29) is 11.5 Å². The van der Waals surface area contributed by atoms with Gasteiger partial charge in [0.25, 0.3) is 11.5 Å². The first-order valence-electron chi connectivity index (χ1n) is 7.62. The number of nitrogens with one attached hydrogen (secondary N) is 1. The fraction of sp³-hybridized carbons (Fsp3) is 0.250. The third kappa shape index (κ3) is 2.43. The highest BCUT2D eigenvalue weighted by molar-refractivity contribution is 9.10. The summed E-state index contributed by atoms with van der Waals surface area (Å²) >= 11 is 3.31. The summed E-state index contributed by atoms with van der Waals surface area (Å²) in [5.41, 5.74) is 1.07. The highest BCUT2D eigenvalue weighted by Crippen LogP contribution is 2.17. The Balaban J connectivity index is 1.68. The van der Waals surface area contributed by atoms with Gasteiger partial charge < -0.3 is 4.90 Å². The SMILES string of the molecule is O=C(c1[nH]ncc1Br)N1CCc2nc3ccccc3c(=O)n2CC1. The summed E-state index contributed by atoms with van der Waals surface area (Å²) in [6.07, 6.45) is 2.09. The summed E-state index contributed by atoms with van der Waals surface area (Å²) in [6.45, 7) is 1.40. The summed E-state index contributed by atoms with van der Waals surface area (Å²) in [7, 11) is 0. The van der Waals surface area contributed by atoms with Crippen LogP contribution in [-0.4, -0.2) is 43.6 Å². The molecule has 1 aliphatic rings. The molecule has 1 N–H and O–H groups in total. The van der Waals surface area contributed by atoms with Gasteiger partial charge in [-0.25, -0.2) is 4.98 Å². The van der Waals surface area contributed by atoms with Crippen molar-refractivity contribution >= 4 is 32.7 Å². The average molecular weight is 388 g/mol. The molecule has 122 valence electrons. The third-order valence-corrected chi connectivity index (χ3v) is 4.83. The number of carbonyl (C=O) groups is 1. The molecule has 0 unspecified atom stereocenters. The van der Waals surface area contributed by atoms with Gasteiger partial charge in [0.05, 0.1) is 21.6 Å². The Morgan fingerprint density at radius 1 is 1.21 bits per heavy atom. The first-order chi connectivity index (χ1) is 11.6. The van der Waals surface area contributed by atoms with Crippen LogP contribution >= 0.6 is 15.9 Å². The molecular weight excluding hydrogens is 374 g/mol. The number of H-pyrrole nitrogens is 1. The predicted octanol–water partition coefficient (Wildman–Crippen LogP) is 1.58. The van der Waals surface area contributed by atoms with E-state index >= 15 is 0 Å². The molecule has 8 heteroatoms. The van der Waals surface area contributed by atoms with E-state index in [4.69, 9.17) is 0 Å². The molecule has 3 heterocycles. The third-order valence-electron chi connectivity index (χ3n) is 4.23. The Hall–Kier alpha value is -2.48. The predicted molar refractivity (Wildman–Crippen MR) is 91.9 cm³/mol. The first kappa shape index (κ1) is 15.1. The maximum absolute atomic E-state index is 12.7. The first-order valence-corrected chi connectivity index (χ1v) is 8.41. The number of aromatic amines is 1. The van der Waals surface area contributed by atoms with Crippen molar-refractivity contribution in [3.8, 4) is 0 Å². The number of hydrogen-bond acceptors (Lipinski definition) is 4. The van der Waals surface area contributed by atoms with Crippen molar-refractivity contribution in [2.45, 2.75) is 13.0 Å². The second-order valence-electron chi connectivity index (χ2n) is 5.64. The Kier molecular flexibility index (Phi) is 3.68. The largest absolute Gasteiger partial charge is 0.335 e. The molecule has 7 nitrogen and oxygen atoms in total. The van der Waals surface area contributed by atoms with Gasteiger partial charge in [0.1, 0.15) is 11.5 Å². The number of halogens is 1. The molecular formula is C16H14BrN5O2. The van der Waals surface area contributed by atoms with Crippen LogP contribution in [0.25, 0.3) is 10.9 Å². The number of hydrogen-bond donors (Lipinski definition) is 1. The number of para-hydroxylation sites is 1. The van der Waals surface area contributed by atoms with Gasteiger partial charge in [-0.3, -0.25) is 19.3 Å². The van der Waals surface area contributed by atoms with Crippen LogP contribution in [0, 0.1) is 0 Å². The van der Waals surface area contributed by atoms with Crippen molar-refractivity contribution in [2.24, 2.45) is 0 Å². The van der Waals surface area contributed by atoms with E-state index in [2.05, 4.69) is 31.1 Å². The van der Waals surface area contributed by atoms with Crippen LogP contribution in [0.5, 0.6) is 0 Å². The lowest BCUT2D eigenvalue weighted by atomic mass is 10.2. The molecule has 0 fully saturated rings. The van der Waals surface area contributed by atoms with Gasteiger partial charge in [0.2, 0.25) is 0 Å². The van der Waals surface area contributed by atoms with E-state index in [9.17, 15) is 9.59 Å². The van der Waals surface area contributed by atoms with Crippen LogP contribution in [-0.2, 0) is 13.0 Å². The topological polar surface area (TPSA) is 83.9 Å². The van der Waals surface area contributed by atoms with Crippen molar-refractivity contribution in [1.29, 1.82) is 0 Å². The van der Waals surface area contributed by atoms with Gasteiger partial charge in [0, 0.05) is 26.1 Å². The minimum Gasteiger partial charge on any atom is -0.335 e. The number of aromatic nitrogens is 4. The molecule has 0 spiro atoms. The smallest absolute Gasteiger partial charge is 0.273 e. The summed E-state index contributed by atoms with van der Waals surface area (Å²) < 4.78 is 2.31.